The summed E-state index contributed by atoms with van der Waals surface area (Å²) in [6, 6.07) is 12.5. The molecule has 2 aromatic rings. The number of hydrogen-bond acceptors (Lipinski definition) is 6. The number of methoxy groups -OCH3 is 3. The summed E-state index contributed by atoms with van der Waals surface area (Å²) >= 11 is 0. The number of hydrogen-bond donors (Lipinski definition) is 0. The van der Waals surface area contributed by atoms with Crippen LogP contribution in [0.5, 0.6) is 17.2 Å². The Morgan fingerprint density at radius 3 is 2.21 bits per heavy atom. The largest absolute Gasteiger partial charge is 0.493 e. The van der Waals surface area contributed by atoms with Crippen LogP contribution in [0.1, 0.15) is 48.5 Å². The fourth-order valence-corrected chi connectivity index (χ4v) is 5.25. The van der Waals surface area contributed by atoms with Gasteiger partial charge < -0.3 is 23.7 Å². The molecule has 0 unspecified atom stereocenters. The molecule has 6 nitrogen and oxygen atoms in total. The van der Waals surface area contributed by atoms with Gasteiger partial charge in [-0.1, -0.05) is 42.7 Å². The zero-order chi connectivity index (χ0) is 24.1. The Bertz CT molecular complexity index is 938. The van der Waals surface area contributed by atoms with Gasteiger partial charge in [0.05, 0.1) is 46.6 Å². The summed E-state index contributed by atoms with van der Waals surface area (Å²) in [4.78, 5) is 12.7. The minimum Gasteiger partial charge on any atom is -0.493 e. The van der Waals surface area contributed by atoms with Crippen LogP contribution >= 0.6 is 0 Å². The molecule has 2 aromatic carbocycles. The number of carbonyl (C=O) groups excluding carboxylic acids is 1. The van der Waals surface area contributed by atoms with E-state index in [-0.39, 0.29) is 29.8 Å². The third kappa shape index (κ3) is 5.33. The first kappa shape index (κ1) is 24.4. The second-order valence-corrected chi connectivity index (χ2v) is 9.44. The number of aryl methyl sites for hydroxylation is 1. The lowest BCUT2D eigenvalue weighted by molar-refractivity contribution is -0.150. The van der Waals surface area contributed by atoms with E-state index in [1.165, 1.54) is 11.1 Å². The molecule has 34 heavy (non-hydrogen) atoms. The van der Waals surface area contributed by atoms with Crippen LogP contribution in [-0.2, 0) is 20.7 Å². The Hall–Kier alpha value is -2.73. The van der Waals surface area contributed by atoms with Gasteiger partial charge in [0.1, 0.15) is 0 Å². The average Bonchev–Trinajstić information content (AvgIpc) is 3.53. The molecule has 0 aromatic heterocycles. The third-order valence-electron chi connectivity index (χ3n) is 7.22. The quantitative estimate of drug-likeness (QED) is 0.466. The molecule has 0 amide bonds. The Labute approximate surface area is 202 Å². The van der Waals surface area contributed by atoms with Gasteiger partial charge in [0.2, 0.25) is 5.75 Å². The maximum atomic E-state index is 12.7. The van der Waals surface area contributed by atoms with Crippen LogP contribution in [0.2, 0.25) is 0 Å². The average molecular weight is 469 g/mol. The van der Waals surface area contributed by atoms with Crippen LogP contribution in [0.15, 0.2) is 36.4 Å². The van der Waals surface area contributed by atoms with Gasteiger partial charge >= 0.3 is 5.97 Å². The molecule has 184 valence electrons. The van der Waals surface area contributed by atoms with Crippen molar-refractivity contribution in [2.24, 2.45) is 17.8 Å². The third-order valence-corrected chi connectivity index (χ3v) is 7.22. The SMILES string of the molecule is COc1cc([C@H]2OC[C@H](Cc3ccc(C)cc3)[C@@H]2COC(=O)C2CCCC2)cc(OC)c1OC. The summed E-state index contributed by atoms with van der Waals surface area (Å²) < 4.78 is 28.9. The smallest absolute Gasteiger partial charge is 0.308 e. The van der Waals surface area contributed by atoms with Gasteiger partial charge in [0, 0.05) is 5.92 Å². The first-order chi connectivity index (χ1) is 16.5. The van der Waals surface area contributed by atoms with E-state index in [0.29, 0.717) is 30.5 Å². The van der Waals surface area contributed by atoms with Crippen LogP contribution in [-0.4, -0.2) is 40.5 Å². The zero-order valence-corrected chi connectivity index (χ0v) is 20.7. The highest BCUT2D eigenvalue weighted by Crippen LogP contribution is 2.46. The van der Waals surface area contributed by atoms with E-state index in [2.05, 4.69) is 31.2 Å². The lowest BCUT2D eigenvalue weighted by Crippen LogP contribution is -2.26. The van der Waals surface area contributed by atoms with Crippen LogP contribution in [0, 0.1) is 24.7 Å². The normalized spacial score (nSPS) is 22.5. The molecule has 0 spiro atoms. The van der Waals surface area contributed by atoms with E-state index < -0.39 is 0 Å². The van der Waals surface area contributed by atoms with Crippen LogP contribution in [0.25, 0.3) is 0 Å². The van der Waals surface area contributed by atoms with Gasteiger partial charge in [-0.2, -0.15) is 0 Å². The molecule has 0 bridgehead atoms. The summed E-state index contributed by atoms with van der Waals surface area (Å²) in [5.74, 6) is 1.94. The predicted molar refractivity (Wildman–Crippen MR) is 130 cm³/mol. The fourth-order valence-electron chi connectivity index (χ4n) is 5.25. The van der Waals surface area contributed by atoms with E-state index in [9.17, 15) is 4.79 Å². The Morgan fingerprint density at radius 2 is 1.62 bits per heavy atom. The highest BCUT2D eigenvalue weighted by atomic mass is 16.5. The van der Waals surface area contributed by atoms with Crippen LogP contribution in [0.4, 0.5) is 0 Å². The number of benzene rings is 2. The van der Waals surface area contributed by atoms with Crippen molar-refractivity contribution >= 4 is 5.97 Å². The minimum absolute atomic E-state index is 0.0227. The molecular weight excluding hydrogens is 432 g/mol. The van der Waals surface area contributed by atoms with Gasteiger partial charge in [-0.05, 0) is 55.4 Å². The molecule has 1 aliphatic carbocycles. The monoisotopic (exact) mass is 468 g/mol. The lowest BCUT2D eigenvalue weighted by atomic mass is 9.84. The van der Waals surface area contributed by atoms with E-state index >= 15 is 0 Å². The van der Waals surface area contributed by atoms with Crippen molar-refractivity contribution in [2.45, 2.75) is 45.1 Å². The first-order valence-corrected chi connectivity index (χ1v) is 12.2. The predicted octanol–water partition coefficient (Wildman–Crippen LogP) is 5.30. The second kappa shape index (κ2) is 11.1. The molecule has 1 heterocycles. The van der Waals surface area contributed by atoms with E-state index in [1.807, 2.05) is 12.1 Å². The molecule has 1 aliphatic heterocycles. The highest BCUT2D eigenvalue weighted by Gasteiger charge is 2.40. The summed E-state index contributed by atoms with van der Waals surface area (Å²) in [5.41, 5.74) is 3.43. The summed E-state index contributed by atoms with van der Waals surface area (Å²) in [5, 5.41) is 0. The van der Waals surface area contributed by atoms with Crippen molar-refractivity contribution in [3.05, 3.63) is 53.1 Å². The van der Waals surface area contributed by atoms with Crippen molar-refractivity contribution in [1.29, 1.82) is 0 Å². The summed E-state index contributed by atoms with van der Waals surface area (Å²) in [6.45, 7) is 3.03. The molecular formula is C28H36O6. The molecule has 2 fully saturated rings. The molecule has 6 heteroatoms. The van der Waals surface area contributed by atoms with Crippen LogP contribution < -0.4 is 14.2 Å². The molecule has 0 radical (unpaired) electrons. The number of carbonyl (C=O) groups is 1. The highest BCUT2D eigenvalue weighted by molar-refractivity contribution is 5.72. The van der Waals surface area contributed by atoms with Crippen molar-refractivity contribution in [3.8, 4) is 17.2 Å². The fraction of sp³-hybridized carbons (Fsp3) is 0.536. The molecule has 4 rings (SSSR count). The number of ether oxygens (including phenoxy) is 5. The van der Waals surface area contributed by atoms with Gasteiger partial charge in [0.25, 0.3) is 0 Å². The lowest BCUT2D eigenvalue weighted by Gasteiger charge is -2.25. The van der Waals surface area contributed by atoms with Gasteiger partial charge in [-0.25, -0.2) is 0 Å². The van der Waals surface area contributed by atoms with Crippen LogP contribution in [0.3, 0.4) is 0 Å². The maximum absolute atomic E-state index is 12.7. The zero-order valence-electron chi connectivity index (χ0n) is 20.7. The van der Waals surface area contributed by atoms with Gasteiger partial charge in [0.15, 0.2) is 11.5 Å². The van der Waals surface area contributed by atoms with Gasteiger partial charge in [-0.3, -0.25) is 4.79 Å². The van der Waals surface area contributed by atoms with Crippen molar-refractivity contribution in [2.75, 3.05) is 34.5 Å². The molecule has 1 saturated heterocycles. The van der Waals surface area contributed by atoms with E-state index in [1.54, 1.807) is 21.3 Å². The molecule has 3 atom stereocenters. The molecule has 1 saturated carbocycles. The summed E-state index contributed by atoms with van der Waals surface area (Å²) in [7, 11) is 4.81. The standard InChI is InChI=1S/C28H36O6/c1-18-9-11-19(12-10-18)13-22-16-33-26(23(22)17-34-28(29)20-7-5-6-8-20)21-14-24(30-2)27(32-4)25(15-21)31-3/h9-12,14-15,20,22-23,26H,5-8,13,16-17H2,1-4H3/t22-,23-,26+/m0/s1. The maximum Gasteiger partial charge on any atom is 0.308 e. The molecule has 0 N–H and O–H groups in total. The minimum atomic E-state index is -0.236. The number of rotatable bonds is 9. The first-order valence-electron chi connectivity index (χ1n) is 12.2. The van der Waals surface area contributed by atoms with E-state index in [4.69, 9.17) is 23.7 Å². The Morgan fingerprint density at radius 1 is 0.971 bits per heavy atom. The Kier molecular flexibility index (Phi) is 7.99. The van der Waals surface area contributed by atoms with Crippen molar-refractivity contribution < 1.29 is 28.5 Å². The second-order valence-electron chi connectivity index (χ2n) is 9.44. The Balaban J connectivity index is 1.59. The van der Waals surface area contributed by atoms with Crippen molar-refractivity contribution in [1.82, 2.24) is 0 Å². The van der Waals surface area contributed by atoms with Gasteiger partial charge in [-0.15, -0.1) is 0 Å². The number of esters is 1. The topological polar surface area (TPSA) is 63.2 Å². The van der Waals surface area contributed by atoms with E-state index in [0.717, 1.165) is 37.7 Å². The van der Waals surface area contributed by atoms with Crippen molar-refractivity contribution in [3.63, 3.8) is 0 Å². The molecule has 2 aliphatic rings. The summed E-state index contributed by atoms with van der Waals surface area (Å²) in [6.07, 6.45) is 4.71.